The molecule has 3 rings (SSSR count). The Morgan fingerprint density at radius 1 is 1.11 bits per heavy atom. The smallest absolute Gasteiger partial charge is 0.154 e. The fourth-order valence-corrected chi connectivity index (χ4v) is 3.80. The monoisotopic (exact) mass is 376 g/mol. The lowest BCUT2D eigenvalue weighted by molar-refractivity contribution is -0.121. The number of rotatable bonds is 8. The van der Waals surface area contributed by atoms with Gasteiger partial charge in [-0.15, -0.1) is 5.10 Å². The van der Waals surface area contributed by atoms with Crippen molar-refractivity contribution >= 4 is 11.6 Å². The number of nitrogens with zero attached hydrogens (tertiary/aromatic N) is 4. The summed E-state index contributed by atoms with van der Waals surface area (Å²) in [6.07, 6.45) is 7.01. The number of likely N-dealkylation sites (tertiary alicyclic amines) is 1. The van der Waals surface area contributed by atoms with Crippen LogP contribution in [0, 0.1) is 0 Å². The molecule has 2 saturated heterocycles. The van der Waals surface area contributed by atoms with Crippen LogP contribution in [0.5, 0.6) is 5.75 Å². The summed E-state index contributed by atoms with van der Waals surface area (Å²) in [5.41, 5.74) is 0. The molecule has 2 aliphatic rings. The zero-order valence-electron chi connectivity index (χ0n) is 16.6. The Kier molecular flexibility index (Phi) is 7.41. The maximum absolute atomic E-state index is 11.6. The number of ether oxygens (including phenoxy) is 2. The minimum absolute atomic E-state index is 0.318. The average molecular weight is 377 g/mol. The van der Waals surface area contributed by atoms with Crippen molar-refractivity contribution in [3.8, 4) is 5.75 Å². The first-order valence-corrected chi connectivity index (χ1v) is 10.3. The topological polar surface area (TPSA) is 67.8 Å². The van der Waals surface area contributed by atoms with Gasteiger partial charge in [-0.05, 0) is 32.6 Å². The second-order valence-corrected chi connectivity index (χ2v) is 7.37. The normalized spacial score (nSPS) is 20.0. The van der Waals surface area contributed by atoms with E-state index in [1.54, 1.807) is 6.20 Å². The Morgan fingerprint density at radius 3 is 2.41 bits per heavy atom. The van der Waals surface area contributed by atoms with Gasteiger partial charge >= 0.3 is 0 Å². The van der Waals surface area contributed by atoms with Gasteiger partial charge in [0.25, 0.3) is 0 Å². The molecule has 0 atom stereocenters. The van der Waals surface area contributed by atoms with Crippen LogP contribution in [0.15, 0.2) is 12.3 Å². The summed E-state index contributed by atoms with van der Waals surface area (Å²) in [6, 6.07) is 1.96. The van der Waals surface area contributed by atoms with Gasteiger partial charge in [0, 0.05) is 38.7 Å². The van der Waals surface area contributed by atoms with Crippen molar-refractivity contribution in [1.29, 1.82) is 0 Å². The van der Waals surface area contributed by atoms with Crippen molar-refractivity contribution in [1.82, 2.24) is 15.1 Å². The molecule has 0 radical (unpaired) electrons. The summed E-state index contributed by atoms with van der Waals surface area (Å²) in [6.45, 7) is 8.93. The molecule has 0 aromatic carbocycles. The molecule has 2 fully saturated rings. The van der Waals surface area contributed by atoms with E-state index in [1.807, 2.05) is 19.9 Å². The SMILES string of the molecule is CCOc1cnnc(N2CCC(OC3CCN(CC(=O)CC)CC3)CC2)c1. The molecule has 1 aromatic heterocycles. The van der Waals surface area contributed by atoms with E-state index in [9.17, 15) is 4.79 Å². The summed E-state index contributed by atoms with van der Waals surface area (Å²) in [7, 11) is 0. The number of piperidine rings is 2. The van der Waals surface area contributed by atoms with E-state index in [4.69, 9.17) is 9.47 Å². The summed E-state index contributed by atoms with van der Waals surface area (Å²) in [5.74, 6) is 1.99. The highest BCUT2D eigenvalue weighted by molar-refractivity contribution is 5.80. The molecule has 0 amide bonds. The van der Waals surface area contributed by atoms with Crippen molar-refractivity contribution in [2.45, 2.75) is 58.2 Å². The molecule has 0 unspecified atom stereocenters. The lowest BCUT2D eigenvalue weighted by atomic mass is 10.0. The van der Waals surface area contributed by atoms with Crippen LogP contribution < -0.4 is 9.64 Å². The highest BCUT2D eigenvalue weighted by Gasteiger charge is 2.27. The maximum Gasteiger partial charge on any atom is 0.154 e. The Bertz CT molecular complexity index is 597. The third-order valence-corrected chi connectivity index (χ3v) is 5.41. The van der Waals surface area contributed by atoms with Crippen LogP contribution in [0.4, 0.5) is 5.82 Å². The zero-order valence-corrected chi connectivity index (χ0v) is 16.6. The molecule has 150 valence electrons. The summed E-state index contributed by atoms with van der Waals surface area (Å²) in [4.78, 5) is 16.1. The number of anilines is 1. The highest BCUT2D eigenvalue weighted by Crippen LogP contribution is 2.24. The number of carbonyl (C=O) groups is 1. The fraction of sp³-hybridized carbons (Fsp3) is 0.750. The molecular formula is C20H32N4O3. The molecule has 1 aromatic rings. The first kappa shape index (κ1) is 20.0. The van der Waals surface area contributed by atoms with E-state index in [2.05, 4.69) is 20.0 Å². The summed E-state index contributed by atoms with van der Waals surface area (Å²) in [5, 5.41) is 8.30. The standard InChI is InChI=1S/C20H32N4O3/c1-3-16(25)15-23-9-5-17(6-10-23)27-18-7-11-24(12-8-18)20-13-19(26-4-2)14-21-22-20/h13-14,17-18H,3-12,15H2,1-2H3. The van der Waals surface area contributed by atoms with Crippen molar-refractivity contribution in [2.24, 2.45) is 0 Å². The Hall–Kier alpha value is -1.73. The van der Waals surface area contributed by atoms with Crippen molar-refractivity contribution in [2.75, 3.05) is 44.2 Å². The third kappa shape index (κ3) is 5.87. The zero-order chi connectivity index (χ0) is 19.1. The van der Waals surface area contributed by atoms with Crippen LogP contribution in [0.25, 0.3) is 0 Å². The van der Waals surface area contributed by atoms with Gasteiger partial charge in [-0.1, -0.05) is 6.92 Å². The summed E-state index contributed by atoms with van der Waals surface area (Å²) >= 11 is 0. The molecule has 27 heavy (non-hydrogen) atoms. The van der Waals surface area contributed by atoms with E-state index >= 15 is 0 Å². The van der Waals surface area contributed by atoms with E-state index in [-0.39, 0.29) is 0 Å². The van der Waals surface area contributed by atoms with Crippen LogP contribution in [0.1, 0.15) is 46.0 Å². The van der Waals surface area contributed by atoms with Gasteiger partial charge in [0.1, 0.15) is 11.5 Å². The van der Waals surface area contributed by atoms with Crippen LogP contribution in [0.2, 0.25) is 0 Å². The second-order valence-electron chi connectivity index (χ2n) is 7.37. The summed E-state index contributed by atoms with van der Waals surface area (Å²) < 4.78 is 11.9. The molecular weight excluding hydrogens is 344 g/mol. The molecule has 7 heteroatoms. The van der Waals surface area contributed by atoms with Gasteiger partial charge in [-0.25, -0.2) is 0 Å². The lowest BCUT2D eigenvalue weighted by Gasteiger charge is -2.37. The molecule has 0 aliphatic carbocycles. The predicted molar refractivity (Wildman–Crippen MR) is 104 cm³/mol. The van der Waals surface area contributed by atoms with Crippen molar-refractivity contribution in [3.05, 3.63) is 12.3 Å². The number of aromatic nitrogens is 2. The number of ketones is 1. The molecule has 2 aliphatic heterocycles. The largest absolute Gasteiger partial charge is 0.492 e. The Labute approximate surface area is 162 Å². The number of hydrogen-bond acceptors (Lipinski definition) is 7. The maximum atomic E-state index is 11.6. The lowest BCUT2D eigenvalue weighted by Crippen LogP contribution is -2.43. The van der Waals surface area contributed by atoms with Gasteiger partial charge < -0.3 is 14.4 Å². The minimum Gasteiger partial charge on any atom is -0.492 e. The van der Waals surface area contributed by atoms with Crippen LogP contribution in [-0.4, -0.2) is 72.4 Å². The molecule has 0 N–H and O–H groups in total. The van der Waals surface area contributed by atoms with Crippen LogP contribution in [-0.2, 0) is 9.53 Å². The van der Waals surface area contributed by atoms with E-state index in [0.717, 1.165) is 63.4 Å². The molecule has 3 heterocycles. The Balaban J connectivity index is 1.40. The first-order chi connectivity index (χ1) is 13.2. The minimum atomic E-state index is 0.318. The van der Waals surface area contributed by atoms with Gasteiger partial charge in [0.2, 0.25) is 0 Å². The van der Waals surface area contributed by atoms with Crippen molar-refractivity contribution < 1.29 is 14.3 Å². The number of carbonyl (C=O) groups excluding carboxylic acids is 1. The van der Waals surface area contributed by atoms with Gasteiger partial charge in [-0.2, -0.15) is 5.10 Å². The third-order valence-electron chi connectivity index (χ3n) is 5.41. The fourth-order valence-electron chi connectivity index (χ4n) is 3.80. The Morgan fingerprint density at radius 2 is 1.78 bits per heavy atom. The van der Waals surface area contributed by atoms with E-state index < -0.39 is 0 Å². The molecule has 0 saturated carbocycles. The van der Waals surface area contributed by atoms with Crippen LogP contribution in [0.3, 0.4) is 0 Å². The second kappa shape index (κ2) is 9.99. The van der Waals surface area contributed by atoms with Crippen LogP contribution >= 0.6 is 0 Å². The first-order valence-electron chi connectivity index (χ1n) is 10.3. The average Bonchev–Trinajstić information content (AvgIpc) is 2.70. The quantitative estimate of drug-likeness (QED) is 0.689. The molecule has 7 nitrogen and oxygen atoms in total. The van der Waals surface area contributed by atoms with E-state index in [1.165, 1.54) is 0 Å². The number of hydrogen-bond donors (Lipinski definition) is 0. The van der Waals surface area contributed by atoms with Gasteiger partial charge in [0.15, 0.2) is 5.82 Å². The van der Waals surface area contributed by atoms with Crippen molar-refractivity contribution in [3.63, 3.8) is 0 Å². The van der Waals surface area contributed by atoms with Gasteiger partial charge in [0.05, 0.1) is 31.6 Å². The predicted octanol–water partition coefficient (Wildman–Crippen LogP) is 2.30. The van der Waals surface area contributed by atoms with Gasteiger partial charge in [-0.3, -0.25) is 9.69 Å². The number of Topliss-reactive ketones (excluding diaryl/α,β-unsaturated/α-hetero) is 1. The highest BCUT2D eigenvalue weighted by atomic mass is 16.5. The van der Waals surface area contributed by atoms with E-state index in [0.29, 0.717) is 37.6 Å². The molecule has 0 bridgehead atoms. The molecule has 0 spiro atoms.